The Kier molecular flexibility index (Phi) is 5.62. The molecule has 0 bridgehead atoms. The zero-order valence-corrected chi connectivity index (χ0v) is 10.2. The molecule has 0 saturated heterocycles. The van der Waals surface area contributed by atoms with E-state index in [1.165, 1.54) is 38.5 Å². The summed E-state index contributed by atoms with van der Waals surface area (Å²) in [6, 6.07) is 0. The lowest BCUT2D eigenvalue weighted by atomic mass is 9.74. The van der Waals surface area contributed by atoms with Crippen LogP contribution in [0.4, 0.5) is 0 Å². The molecule has 90 valence electrons. The van der Waals surface area contributed by atoms with E-state index >= 15 is 0 Å². The SMILES string of the molecule is CCCCCC(CN)C1(O)CCCCC1. The summed E-state index contributed by atoms with van der Waals surface area (Å²) in [6.07, 6.45) is 10.4. The summed E-state index contributed by atoms with van der Waals surface area (Å²) in [4.78, 5) is 0. The summed E-state index contributed by atoms with van der Waals surface area (Å²) in [7, 11) is 0. The van der Waals surface area contributed by atoms with Gasteiger partial charge in [0.05, 0.1) is 5.60 Å². The maximum Gasteiger partial charge on any atom is 0.0687 e. The van der Waals surface area contributed by atoms with Gasteiger partial charge in [-0.1, -0.05) is 45.4 Å². The second-order valence-corrected chi connectivity index (χ2v) is 5.09. The van der Waals surface area contributed by atoms with E-state index in [4.69, 9.17) is 5.73 Å². The summed E-state index contributed by atoms with van der Waals surface area (Å²) in [5, 5.41) is 10.6. The Morgan fingerprint density at radius 3 is 2.40 bits per heavy atom. The Labute approximate surface area is 94.2 Å². The molecule has 0 aliphatic heterocycles. The van der Waals surface area contributed by atoms with Crippen LogP contribution in [0, 0.1) is 5.92 Å². The van der Waals surface area contributed by atoms with Crippen molar-refractivity contribution in [3.63, 3.8) is 0 Å². The van der Waals surface area contributed by atoms with Gasteiger partial charge in [0.25, 0.3) is 0 Å². The van der Waals surface area contributed by atoms with Crippen molar-refractivity contribution in [3.8, 4) is 0 Å². The highest BCUT2D eigenvalue weighted by atomic mass is 16.3. The van der Waals surface area contributed by atoms with Crippen molar-refractivity contribution in [2.45, 2.75) is 70.3 Å². The van der Waals surface area contributed by atoms with Crippen LogP contribution in [0.25, 0.3) is 0 Å². The monoisotopic (exact) mass is 213 g/mol. The van der Waals surface area contributed by atoms with Crippen molar-refractivity contribution < 1.29 is 5.11 Å². The quantitative estimate of drug-likeness (QED) is 0.666. The van der Waals surface area contributed by atoms with Gasteiger partial charge in [0.1, 0.15) is 0 Å². The molecule has 1 unspecified atom stereocenters. The minimum atomic E-state index is -0.430. The molecule has 2 heteroatoms. The molecule has 0 aromatic carbocycles. The van der Waals surface area contributed by atoms with Crippen molar-refractivity contribution in [1.29, 1.82) is 0 Å². The predicted octanol–water partition coefficient (Wildman–Crippen LogP) is 2.84. The van der Waals surface area contributed by atoms with Gasteiger partial charge in [-0.3, -0.25) is 0 Å². The van der Waals surface area contributed by atoms with Crippen LogP contribution in [0.3, 0.4) is 0 Å². The molecule has 1 atom stereocenters. The third-order valence-electron chi connectivity index (χ3n) is 3.92. The molecule has 3 N–H and O–H groups in total. The number of aliphatic hydroxyl groups is 1. The molecule has 1 aliphatic carbocycles. The van der Waals surface area contributed by atoms with E-state index in [1.807, 2.05) is 0 Å². The summed E-state index contributed by atoms with van der Waals surface area (Å²) in [5.74, 6) is 0.337. The Balaban J connectivity index is 2.40. The topological polar surface area (TPSA) is 46.2 Å². The molecule has 0 heterocycles. The number of nitrogens with two attached hydrogens (primary N) is 1. The Hall–Kier alpha value is -0.0800. The van der Waals surface area contributed by atoms with Crippen molar-refractivity contribution in [2.75, 3.05) is 6.54 Å². The minimum absolute atomic E-state index is 0.337. The van der Waals surface area contributed by atoms with Gasteiger partial charge in [0.2, 0.25) is 0 Å². The molecule has 0 amide bonds. The second-order valence-electron chi connectivity index (χ2n) is 5.09. The van der Waals surface area contributed by atoms with Gasteiger partial charge in [0, 0.05) is 0 Å². The minimum Gasteiger partial charge on any atom is -0.390 e. The van der Waals surface area contributed by atoms with Crippen molar-refractivity contribution in [2.24, 2.45) is 11.7 Å². The van der Waals surface area contributed by atoms with E-state index in [9.17, 15) is 5.11 Å². The summed E-state index contributed by atoms with van der Waals surface area (Å²) < 4.78 is 0. The fourth-order valence-corrected chi connectivity index (χ4v) is 2.82. The molecule has 0 radical (unpaired) electrons. The molecular weight excluding hydrogens is 186 g/mol. The zero-order chi connectivity index (χ0) is 11.1. The average molecular weight is 213 g/mol. The van der Waals surface area contributed by atoms with Gasteiger partial charge in [-0.2, -0.15) is 0 Å². The standard InChI is InChI=1S/C13H27NO/c1-2-3-5-8-12(11-14)13(15)9-6-4-7-10-13/h12,15H,2-11,14H2,1H3. The van der Waals surface area contributed by atoms with Gasteiger partial charge in [-0.15, -0.1) is 0 Å². The lowest BCUT2D eigenvalue weighted by Crippen LogP contribution is -2.43. The van der Waals surface area contributed by atoms with Crippen LogP contribution < -0.4 is 5.73 Å². The highest BCUT2D eigenvalue weighted by molar-refractivity contribution is 4.89. The summed E-state index contributed by atoms with van der Waals surface area (Å²) >= 11 is 0. The number of hydrogen-bond donors (Lipinski definition) is 2. The third-order valence-corrected chi connectivity index (χ3v) is 3.92. The number of rotatable bonds is 6. The molecule has 1 rings (SSSR count). The first kappa shape index (κ1) is 13.0. The normalized spacial score (nSPS) is 22.6. The maximum absolute atomic E-state index is 10.6. The molecule has 1 saturated carbocycles. The van der Waals surface area contributed by atoms with Crippen molar-refractivity contribution in [3.05, 3.63) is 0 Å². The molecule has 0 aromatic rings. The zero-order valence-electron chi connectivity index (χ0n) is 10.2. The van der Waals surface area contributed by atoms with E-state index in [2.05, 4.69) is 6.92 Å². The first-order valence-corrected chi connectivity index (χ1v) is 6.65. The average Bonchev–Trinajstić information content (AvgIpc) is 2.25. The summed E-state index contributed by atoms with van der Waals surface area (Å²) in [6.45, 7) is 2.87. The highest BCUT2D eigenvalue weighted by Gasteiger charge is 2.36. The Morgan fingerprint density at radius 2 is 1.87 bits per heavy atom. The smallest absolute Gasteiger partial charge is 0.0687 e. The molecular formula is C13H27NO. The molecule has 1 fully saturated rings. The third kappa shape index (κ3) is 3.76. The van der Waals surface area contributed by atoms with Gasteiger partial charge in [0.15, 0.2) is 0 Å². The lowest BCUT2D eigenvalue weighted by Gasteiger charge is -2.39. The lowest BCUT2D eigenvalue weighted by molar-refractivity contribution is -0.0495. The molecule has 0 aromatic heterocycles. The first-order valence-electron chi connectivity index (χ1n) is 6.65. The van der Waals surface area contributed by atoms with Crippen LogP contribution in [-0.2, 0) is 0 Å². The fraction of sp³-hybridized carbons (Fsp3) is 1.00. The van der Waals surface area contributed by atoms with Crippen LogP contribution in [0.15, 0.2) is 0 Å². The second kappa shape index (κ2) is 6.49. The summed E-state index contributed by atoms with van der Waals surface area (Å²) in [5.41, 5.74) is 5.38. The highest BCUT2D eigenvalue weighted by Crippen LogP contribution is 2.36. The van der Waals surface area contributed by atoms with Gasteiger partial charge in [-0.25, -0.2) is 0 Å². The first-order chi connectivity index (χ1) is 7.23. The Morgan fingerprint density at radius 1 is 1.20 bits per heavy atom. The van der Waals surface area contributed by atoms with Crippen LogP contribution in [-0.4, -0.2) is 17.3 Å². The van der Waals surface area contributed by atoms with E-state index in [0.717, 1.165) is 19.3 Å². The molecule has 15 heavy (non-hydrogen) atoms. The van der Waals surface area contributed by atoms with Crippen LogP contribution in [0.5, 0.6) is 0 Å². The molecule has 0 spiro atoms. The van der Waals surface area contributed by atoms with Gasteiger partial charge >= 0.3 is 0 Å². The van der Waals surface area contributed by atoms with E-state index < -0.39 is 5.60 Å². The van der Waals surface area contributed by atoms with Crippen LogP contribution in [0.2, 0.25) is 0 Å². The molecule has 1 aliphatic rings. The van der Waals surface area contributed by atoms with E-state index in [-0.39, 0.29) is 0 Å². The largest absolute Gasteiger partial charge is 0.390 e. The van der Waals surface area contributed by atoms with Gasteiger partial charge in [-0.05, 0) is 31.7 Å². The van der Waals surface area contributed by atoms with Gasteiger partial charge < -0.3 is 10.8 Å². The van der Waals surface area contributed by atoms with Crippen LogP contribution >= 0.6 is 0 Å². The molecule has 2 nitrogen and oxygen atoms in total. The van der Waals surface area contributed by atoms with Crippen molar-refractivity contribution >= 4 is 0 Å². The number of hydrogen-bond acceptors (Lipinski definition) is 2. The predicted molar refractivity (Wildman–Crippen MR) is 64.7 cm³/mol. The maximum atomic E-state index is 10.6. The van der Waals surface area contributed by atoms with E-state index in [0.29, 0.717) is 12.5 Å². The van der Waals surface area contributed by atoms with E-state index in [1.54, 1.807) is 0 Å². The number of unbranched alkanes of at least 4 members (excludes halogenated alkanes) is 2. The van der Waals surface area contributed by atoms with Crippen molar-refractivity contribution in [1.82, 2.24) is 0 Å². The fourth-order valence-electron chi connectivity index (χ4n) is 2.82. The van der Waals surface area contributed by atoms with Crippen LogP contribution in [0.1, 0.15) is 64.7 Å². The Bertz CT molecular complexity index is 164.